The van der Waals surface area contributed by atoms with Crippen molar-refractivity contribution in [2.24, 2.45) is 17.3 Å². The lowest BCUT2D eigenvalue weighted by molar-refractivity contribution is -0.174. The second kappa shape index (κ2) is 4.06. The maximum absolute atomic E-state index is 11.8. The Hall–Kier alpha value is -1.88. The van der Waals surface area contributed by atoms with Gasteiger partial charge in [-0.25, -0.2) is 9.59 Å². The van der Waals surface area contributed by atoms with Crippen LogP contribution in [0.2, 0.25) is 0 Å². The zero-order valence-corrected chi connectivity index (χ0v) is 11.0. The van der Waals surface area contributed by atoms with Crippen LogP contribution in [0.5, 0.6) is 0 Å². The van der Waals surface area contributed by atoms with Crippen LogP contribution < -0.4 is 0 Å². The predicted octanol–water partition coefficient (Wildman–Crippen LogP) is 0.750. The molecule has 0 amide bonds. The molecule has 20 heavy (non-hydrogen) atoms. The van der Waals surface area contributed by atoms with E-state index in [0.717, 1.165) is 0 Å². The molecule has 5 heteroatoms. The summed E-state index contributed by atoms with van der Waals surface area (Å²) in [6.07, 6.45) is 0.604. The largest absolute Gasteiger partial charge is 0.461 e. The van der Waals surface area contributed by atoms with Gasteiger partial charge in [0.15, 0.2) is 0 Å². The number of hydrogen-bond acceptors (Lipinski definition) is 5. The minimum Gasteiger partial charge on any atom is -0.461 e. The van der Waals surface area contributed by atoms with Gasteiger partial charge in [0.25, 0.3) is 0 Å². The molecule has 1 aliphatic carbocycles. The average Bonchev–Trinajstić information content (AvgIpc) is 2.70. The summed E-state index contributed by atoms with van der Waals surface area (Å²) in [6.45, 7) is 11.3. The first-order chi connectivity index (χ1) is 9.42. The number of esters is 2. The van der Waals surface area contributed by atoms with Crippen molar-refractivity contribution >= 4 is 11.9 Å². The van der Waals surface area contributed by atoms with E-state index in [2.05, 4.69) is 19.7 Å². The van der Waals surface area contributed by atoms with E-state index in [-0.39, 0.29) is 18.1 Å². The summed E-state index contributed by atoms with van der Waals surface area (Å²) in [5.74, 6) is -1.80. The molecule has 3 fully saturated rings. The van der Waals surface area contributed by atoms with Gasteiger partial charge in [0.05, 0.1) is 11.5 Å². The zero-order valence-electron chi connectivity index (χ0n) is 11.0. The lowest BCUT2D eigenvalue weighted by Gasteiger charge is -2.51. The minimum absolute atomic E-state index is 0.0213. The highest BCUT2D eigenvalue weighted by Crippen LogP contribution is 2.54. The monoisotopic (exact) mass is 276 g/mol. The summed E-state index contributed by atoms with van der Waals surface area (Å²) in [4.78, 5) is 23.5. The molecule has 106 valence electrons. The van der Waals surface area contributed by atoms with Crippen LogP contribution in [0.3, 0.4) is 0 Å². The Labute approximate surface area is 116 Å². The fraction of sp³-hybridized carbons (Fsp3) is 0.467. The molecular weight excluding hydrogens is 260 g/mol. The molecule has 0 aromatic heterocycles. The van der Waals surface area contributed by atoms with E-state index in [4.69, 9.17) is 9.47 Å². The van der Waals surface area contributed by atoms with Gasteiger partial charge in [-0.05, 0) is 6.42 Å². The summed E-state index contributed by atoms with van der Waals surface area (Å²) >= 11 is 0. The molecule has 1 saturated carbocycles. The normalized spacial score (nSPS) is 43.5. The van der Waals surface area contributed by atoms with Gasteiger partial charge in [-0.2, -0.15) is 0 Å². The maximum Gasteiger partial charge on any atom is 0.334 e. The van der Waals surface area contributed by atoms with Gasteiger partial charge in [-0.3, -0.25) is 0 Å². The maximum atomic E-state index is 11.8. The van der Waals surface area contributed by atoms with Crippen LogP contribution in [0.4, 0.5) is 0 Å². The lowest BCUT2D eigenvalue weighted by Crippen LogP contribution is -2.59. The van der Waals surface area contributed by atoms with Gasteiger partial charge in [0.1, 0.15) is 12.7 Å². The van der Waals surface area contributed by atoms with Crippen molar-refractivity contribution in [3.63, 3.8) is 0 Å². The molecule has 0 aromatic rings. The smallest absolute Gasteiger partial charge is 0.334 e. The second-order valence-corrected chi connectivity index (χ2v) is 5.65. The minimum atomic E-state index is -0.850. The van der Waals surface area contributed by atoms with Crippen molar-refractivity contribution < 1.29 is 24.2 Å². The van der Waals surface area contributed by atoms with Crippen LogP contribution in [0, 0.1) is 17.3 Å². The number of fused-ring (bicyclic) bond motifs is 3. The molecule has 0 aromatic carbocycles. The van der Waals surface area contributed by atoms with Gasteiger partial charge >= 0.3 is 11.9 Å². The Bertz CT molecular complexity index is 548. The summed E-state index contributed by atoms with van der Waals surface area (Å²) in [6, 6.07) is 0. The average molecular weight is 276 g/mol. The second-order valence-electron chi connectivity index (χ2n) is 5.65. The number of carbonyl (C=O) groups is 2. The molecule has 5 atom stereocenters. The van der Waals surface area contributed by atoms with E-state index < -0.39 is 35.5 Å². The van der Waals surface area contributed by atoms with Gasteiger partial charge in [0.2, 0.25) is 0 Å². The topological polar surface area (TPSA) is 72.8 Å². The van der Waals surface area contributed by atoms with Crippen LogP contribution in [0.15, 0.2) is 37.0 Å². The number of hydrogen-bond donors (Lipinski definition) is 1. The van der Waals surface area contributed by atoms with Gasteiger partial charge in [-0.15, -0.1) is 6.58 Å². The Morgan fingerprint density at radius 1 is 1.25 bits per heavy atom. The fourth-order valence-electron chi connectivity index (χ4n) is 3.62. The number of rotatable bonds is 1. The van der Waals surface area contributed by atoms with Crippen LogP contribution in [0.1, 0.15) is 6.42 Å². The Balaban J connectivity index is 2.10. The number of cyclic esters (lactones) is 1. The predicted molar refractivity (Wildman–Crippen MR) is 69.4 cm³/mol. The van der Waals surface area contributed by atoms with Crippen molar-refractivity contribution in [3.05, 3.63) is 37.0 Å². The van der Waals surface area contributed by atoms with Crippen LogP contribution in [-0.4, -0.2) is 35.9 Å². The van der Waals surface area contributed by atoms with Crippen molar-refractivity contribution in [1.29, 1.82) is 0 Å². The Kier molecular flexibility index (Phi) is 2.66. The first kappa shape index (κ1) is 13.1. The third-order valence-corrected chi connectivity index (χ3v) is 4.83. The molecule has 3 rings (SSSR count). The highest BCUT2D eigenvalue weighted by atomic mass is 16.6. The van der Waals surface area contributed by atoms with Crippen molar-refractivity contribution in [3.8, 4) is 0 Å². The Morgan fingerprint density at radius 3 is 2.60 bits per heavy atom. The van der Waals surface area contributed by atoms with E-state index in [9.17, 15) is 14.7 Å². The number of ether oxygens (including phenoxy) is 2. The quantitative estimate of drug-likeness (QED) is 0.434. The third-order valence-electron chi connectivity index (χ3n) is 4.83. The summed E-state index contributed by atoms with van der Waals surface area (Å²) in [5.41, 5.74) is -0.289. The van der Waals surface area contributed by atoms with E-state index in [0.29, 0.717) is 12.0 Å². The van der Waals surface area contributed by atoms with Gasteiger partial charge in [-0.1, -0.05) is 19.2 Å². The molecule has 3 aliphatic rings. The molecule has 2 aliphatic heterocycles. The van der Waals surface area contributed by atoms with Gasteiger partial charge in [0, 0.05) is 23.0 Å². The lowest BCUT2D eigenvalue weighted by atomic mass is 9.57. The van der Waals surface area contributed by atoms with E-state index in [1.165, 1.54) is 0 Å². The van der Waals surface area contributed by atoms with Crippen LogP contribution in [0.25, 0.3) is 0 Å². The zero-order chi connectivity index (χ0) is 14.7. The number of aliphatic hydroxyl groups is 1. The fourth-order valence-corrected chi connectivity index (χ4v) is 3.62. The molecule has 0 radical (unpaired) electrons. The van der Waals surface area contributed by atoms with Crippen LogP contribution in [-0.2, 0) is 19.1 Å². The summed E-state index contributed by atoms with van der Waals surface area (Å²) < 4.78 is 10.5. The van der Waals surface area contributed by atoms with Crippen LogP contribution >= 0.6 is 0 Å². The molecule has 0 spiro atoms. The molecule has 2 saturated heterocycles. The Morgan fingerprint density at radius 2 is 1.95 bits per heavy atom. The number of aliphatic hydroxyl groups excluding tert-OH is 1. The highest BCUT2D eigenvalue weighted by Gasteiger charge is 2.62. The SMILES string of the molecule is C=CC12COC(=O)C(=C)C1C1OC(=O)C(=C)C1CC2O. The first-order valence-electron chi connectivity index (χ1n) is 6.49. The molecule has 5 unspecified atom stereocenters. The summed E-state index contributed by atoms with van der Waals surface area (Å²) in [7, 11) is 0. The van der Waals surface area contributed by atoms with Crippen molar-refractivity contribution in [2.45, 2.75) is 18.6 Å². The molecule has 5 nitrogen and oxygen atoms in total. The van der Waals surface area contributed by atoms with E-state index in [1.807, 2.05) is 0 Å². The third kappa shape index (κ3) is 1.41. The highest BCUT2D eigenvalue weighted by molar-refractivity contribution is 5.93. The van der Waals surface area contributed by atoms with Gasteiger partial charge < -0.3 is 14.6 Å². The van der Waals surface area contributed by atoms with E-state index in [1.54, 1.807) is 6.08 Å². The number of carbonyl (C=O) groups excluding carboxylic acids is 2. The van der Waals surface area contributed by atoms with E-state index >= 15 is 0 Å². The summed E-state index contributed by atoms with van der Waals surface area (Å²) in [5, 5.41) is 10.5. The molecule has 2 heterocycles. The van der Waals surface area contributed by atoms with Crippen molar-refractivity contribution in [2.75, 3.05) is 6.61 Å². The molecule has 1 N–H and O–H groups in total. The van der Waals surface area contributed by atoms with Crippen molar-refractivity contribution in [1.82, 2.24) is 0 Å². The molecule has 0 bridgehead atoms. The first-order valence-corrected chi connectivity index (χ1v) is 6.49. The molecular formula is C15H16O5. The standard InChI is InChI=1S/C15H16O5/c1-4-15-6-19-13(17)8(3)11(15)12-9(5-10(15)16)7(2)14(18)20-12/h4,9-12,16H,1-3,5-6H2.